The first-order valence-corrected chi connectivity index (χ1v) is 7.82. The van der Waals surface area contributed by atoms with Crippen LogP contribution in [-0.2, 0) is 10.2 Å². The average Bonchev–Trinajstić information content (AvgIpc) is 2.84. The van der Waals surface area contributed by atoms with Crippen LogP contribution in [0.15, 0.2) is 24.3 Å². The van der Waals surface area contributed by atoms with Crippen molar-refractivity contribution in [3.05, 3.63) is 34.9 Å². The largest absolute Gasteiger partial charge is 0.355 e. The van der Waals surface area contributed by atoms with Crippen LogP contribution in [0.2, 0.25) is 5.02 Å². The van der Waals surface area contributed by atoms with Crippen LogP contribution in [0.3, 0.4) is 0 Å². The molecule has 1 saturated carbocycles. The number of hydrogen-bond donors (Lipinski definition) is 2. The van der Waals surface area contributed by atoms with Crippen molar-refractivity contribution in [2.24, 2.45) is 5.92 Å². The fraction of sp³-hybridized carbons (Fsp3) is 0.562. The SMILES string of the molecule is Cl.O=C(NCC1(c2cccc(Cl)c2)CCCC1)C1CNC1. The number of halogens is 2. The molecule has 1 aromatic carbocycles. The first-order chi connectivity index (χ1) is 9.70. The molecule has 116 valence electrons. The Kier molecular flexibility index (Phi) is 5.53. The number of nitrogens with one attached hydrogen (secondary N) is 2. The summed E-state index contributed by atoms with van der Waals surface area (Å²) in [5.41, 5.74) is 1.35. The number of carbonyl (C=O) groups excluding carboxylic acids is 1. The molecule has 5 heteroatoms. The molecule has 1 aliphatic heterocycles. The van der Waals surface area contributed by atoms with E-state index >= 15 is 0 Å². The third-order valence-corrected chi connectivity index (χ3v) is 4.99. The minimum Gasteiger partial charge on any atom is -0.355 e. The first kappa shape index (κ1) is 16.6. The number of benzene rings is 1. The number of rotatable bonds is 4. The minimum atomic E-state index is 0. The van der Waals surface area contributed by atoms with Gasteiger partial charge in [0.2, 0.25) is 5.91 Å². The monoisotopic (exact) mass is 328 g/mol. The highest BCUT2D eigenvalue weighted by Crippen LogP contribution is 2.41. The van der Waals surface area contributed by atoms with E-state index in [2.05, 4.69) is 22.8 Å². The van der Waals surface area contributed by atoms with Gasteiger partial charge in [0.15, 0.2) is 0 Å². The summed E-state index contributed by atoms with van der Waals surface area (Å²) in [6.45, 7) is 2.37. The highest BCUT2D eigenvalue weighted by atomic mass is 35.5. The molecule has 0 aromatic heterocycles. The second-order valence-corrected chi connectivity index (χ2v) is 6.51. The van der Waals surface area contributed by atoms with Crippen molar-refractivity contribution in [1.29, 1.82) is 0 Å². The van der Waals surface area contributed by atoms with E-state index in [1.807, 2.05) is 12.1 Å². The van der Waals surface area contributed by atoms with E-state index < -0.39 is 0 Å². The molecular formula is C16H22Cl2N2O. The molecule has 3 nitrogen and oxygen atoms in total. The zero-order chi connectivity index (χ0) is 14.0. The molecule has 2 N–H and O–H groups in total. The molecule has 1 aliphatic carbocycles. The van der Waals surface area contributed by atoms with Gasteiger partial charge in [0.05, 0.1) is 5.92 Å². The molecule has 2 aliphatic rings. The Morgan fingerprint density at radius 2 is 2.05 bits per heavy atom. The lowest BCUT2D eigenvalue weighted by Gasteiger charge is -2.32. The standard InChI is InChI=1S/C16H21ClN2O.ClH/c17-14-5-3-4-13(8-14)16(6-1-2-7-16)11-19-15(20)12-9-18-10-12;/h3-5,8,12,18H,1-2,6-7,9-11H2,(H,19,20);1H. The Balaban J connectivity index is 0.00000161. The molecular weight excluding hydrogens is 307 g/mol. The summed E-state index contributed by atoms with van der Waals surface area (Å²) in [6, 6.07) is 8.12. The molecule has 0 atom stereocenters. The van der Waals surface area contributed by atoms with Crippen LogP contribution in [-0.4, -0.2) is 25.5 Å². The summed E-state index contributed by atoms with van der Waals surface area (Å²) in [5, 5.41) is 7.08. The van der Waals surface area contributed by atoms with Gasteiger partial charge in [-0.3, -0.25) is 4.79 Å². The summed E-state index contributed by atoms with van der Waals surface area (Å²) in [6.07, 6.45) is 4.73. The van der Waals surface area contributed by atoms with Crippen LogP contribution in [0.25, 0.3) is 0 Å². The lowest BCUT2D eigenvalue weighted by Crippen LogP contribution is -2.52. The molecule has 0 bridgehead atoms. The van der Waals surface area contributed by atoms with Crippen molar-refractivity contribution >= 4 is 29.9 Å². The van der Waals surface area contributed by atoms with E-state index in [4.69, 9.17) is 11.6 Å². The predicted octanol–water partition coefficient (Wildman–Crippen LogP) is 2.91. The van der Waals surface area contributed by atoms with Crippen molar-refractivity contribution < 1.29 is 4.79 Å². The van der Waals surface area contributed by atoms with E-state index in [1.165, 1.54) is 18.4 Å². The van der Waals surface area contributed by atoms with Crippen molar-refractivity contribution in [2.75, 3.05) is 19.6 Å². The molecule has 1 amide bonds. The van der Waals surface area contributed by atoms with Crippen molar-refractivity contribution in [3.8, 4) is 0 Å². The van der Waals surface area contributed by atoms with E-state index in [0.717, 1.165) is 37.5 Å². The van der Waals surface area contributed by atoms with Gasteiger partial charge in [-0.1, -0.05) is 36.6 Å². The van der Waals surface area contributed by atoms with Crippen LogP contribution in [0, 0.1) is 5.92 Å². The maximum atomic E-state index is 12.0. The average molecular weight is 329 g/mol. The number of hydrogen-bond acceptors (Lipinski definition) is 2. The van der Waals surface area contributed by atoms with Crippen LogP contribution in [0.4, 0.5) is 0 Å². The number of carbonyl (C=O) groups is 1. The molecule has 1 saturated heterocycles. The predicted molar refractivity (Wildman–Crippen MR) is 88.2 cm³/mol. The Morgan fingerprint density at radius 1 is 1.33 bits per heavy atom. The molecule has 3 rings (SSSR count). The quantitative estimate of drug-likeness (QED) is 0.892. The number of amides is 1. The highest BCUT2D eigenvalue weighted by molar-refractivity contribution is 6.30. The second kappa shape index (κ2) is 6.99. The summed E-state index contributed by atoms with van der Waals surface area (Å²) in [7, 11) is 0. The van der Waals surface area contributed by atoms with Gasteiger partial charge in [-0.25, -0.2) is 0 Å². The molecule has 21 heavy (non-hydrogen) atoms. The zero-order valence-electron chi connectivity index (χ0n) is 12.0. The maximum Gasteiger partial charge on any atom is 0.225 e. The smallest absolute Gasteiger partial charge is 0.225 e. The van der Waals surface area contributed by atoms with E-state index in [9.17, 15) is 4.79 Å². The summed E-state index contributed by atoms with van der Waals surface area (Å²) in [5.74, 6) is 0.352. The van der Waals surface area contributed by atoms with Crippen molar-refractivity contribution in [1.82, 2.24) is 10.6 Å². The lowest BCUT2D eigenvalue weighted by atomic mass is 9.78. The van der Waals surface area contributed by atoms with Gasteiger partial charge in [0.1, 0.15) is 0 Å². The van der Waals surface area contributed by atoms with Crippen molar-refractivity contribution in [3.63, 3.8) is 0 Å². The third-order valence-electron chi connectivity index (χ3n) is 4.75. The van der Waals surface area contributed by atoms with E-state index in [-0.39, 0.29) is 29.6 Å². The molecule has 1 aromatic rings. The highest BCUT2D eigenvalue weighted by Gasteiger charge is 2.37. The molecule has 2 fully saturated rings. The van der Waals surface area contributed by atoms with E-state index in [1.54, 1.807) is 0 Å². The second-order valence-electron chi connectivity index (χ2n) is 6.07. The lowest BCUT2D eigenvalue weighted by molar-refractivity contribution is -0.126. The Morgan fingerprint density at radius 3 is 2.62 bits per heavy atom. The van der Waals surface area contributed by atoms with Gasteiger partial charge in [0.25, 0.3) is 0 Å². The fourth-order valence-corrected chi connectivity index (χ4v) is 3.50. The van der Waals surface area contributed by atoms with Gasteiger partial charge >= 0.3 is 0 Å². The third kappa shape index (κ3) is 3.53. The first-order valence-electron chi connectivity index (χ1n) is 7.44. The Bertz CT molecular complexity index is 497. The normalized spacial score (nSPS) is 20.4. The van der Waals surface area contributed by atoms with E-state index in [0.29, 0.717) is 0 Å². The van der Waals surface area contributed by atoms with Crippen LogP contribution < -0.4 is 10.6 Å². The molecule has 0 spiro atoms. The summed E-state index contributed by atoms with van der Waals surface area (Å²) in [4.78, 5) is 12.0. The van der Waals surface area contributed by atoms with Crippen LogP contribution >= 0.6 is 24.0 Å². The van der Waals surface area contributed by atoms with Gasteiger partial charge in [-0.15, -0.1) is 12.4 Å². The summed E-state index contributed by atoms with van der Waals surface area (Å²) >= 11 is 6.13. The Hall–Kier alpha value is -0.770. The molecule has 0 unspecified atom stereocenters. The topological polar surface area (TPSA) is 41.1 Å². The zero-order valence-corrected chi connectivity index (χ0v) is 13.6. The van der Waals surface area contributed by atoms with Gasteiger partial charge in [0, 0.05) is 30.1 Å². The van der Waals surface area contributed by atoms with Crippen LogP contribution in [0.1, 0.15) is 31.2 Å². The van der Waals surface area contributed by atoms with Gasteiger partial charge in [-0.2, -0.15) is 0 Å². The maximum absolute atomic E-state index is 12.0. The molecule has 1 heterocycles. The summed E-state index contributed by atoms with van der Waals surface area (Å²) < 4.78 is 0. The van der Waals surface area contributed by atoms with Crippen LogP contribution in [0.5, 0.6) is 0 Å². The van der Waals surface area contributed by atoms with Gasteiger partial charge in [-0.05, 0) is 30.5 Å². The minimum absolute atomic E-state index is 0. The van der Waals surface area contributed by atoms with Gasteiger partial charge < -0.3 is 10.6 Å². The van der Waals surface area contributed by atoms with Crippen molar-refractivity contribution in [2.45, 2.75) is 31.1 Å². The fourth-order valence-electron chi connectivity index (χ4n) is 3.31. The Labute approximate surface area is 137 Å². The molecule has 0 radical (unpaired) electrons.